The molecule has 0 fully saturated rings. The molecule has 4 heteroatoms. The van der Waals surface area contributed by atoms with Gasteiger partial charge in [0, 0.05) is 17.4 Å². The fourth-order valence-electron chi connectivity index (χ4n) is 2.06. The van der Waals surface area contributed by atoms with Crippen LogP contribution in [0.15, 0.2) is 36.5 Å². The molecule has 0 radical (unpaired) electrons. The van der Waals surface area contributed by atoms with Crippen molar-refractivity contribution in [2.45, 2.75) is 6.42 Å². The Morgan fingerprint density at radius 1 is 1.29 bits per heavy atom. The minimum absolute atomic E-state index is 0.0382. The first-order chi connectivity index (χ1) is 8.24. The van der Waals surface area contributed by atoms with Crippen LogP contribution in [-0.4, -0.2) is 10.9 Å². The van der Waals surface area contributed by atoms with E-state index in [1.54, 1.807) is 6.20 Å². The van der Waals surface area contributed by atoms with Crippen LogP contribution in [-0.2, 0) is 11.2 Å². The molecule has 2 aromatic rings. The van der Waals surface area contributed by atoms with Crippen molar-refractivity contribution in [2.24, 2.45) is 0 Å². The number of carbonyl (C=O) groups is 1. The summed E-state index contributed by atoms with van der Waals surface area (Å²) >= 11 is 0. The molecule has 84 valence electrons. The molecule has 3 rings (SSSR count). The summed E-state index contributed by atoms with van der Waals surface area (Å²) in [5, 5.41) is 2.80. The summed E-state index contributed by atoms with van der Waals surface area (Å²) in [5.41, 5.74) is 9.62. The van der Waals surface area contributed by atoms with Gasteiger partial charge in [0.1, 0.15) is 5.82 Å². The van der Waals surface area contributed by atoms with Crippen molar-refractivity contribution in [1.29, 1.82) is 0 Å². The maximum Gasteiger partial charge on any atom is 0.228 e. The summed E-state index contributed by atoms with van der Waals surface area (Å²) in [5.74, 6) is 0.543. The zero-order chi connectivity index (χ0) is 11.8. The fourth-order valence-corrected chi connectivity index (χ4v) is 2.06. The zero-order valence-electron chi connectivity index (χ0n) is 9.10. The topological polar surface area (TPSA) is 68.0 Å². The van der Waals surface area contributed by atoms with Crippen molar-refractivity contribution in [1.82, 2.24) is 4.98 Å². The number of rotatable bonds is 1. The number of hydrogen-bond donors (Lipinski definition) is 2. The number of amides is 1. The second-order valence-corrected chi connectivity index (χ2v) is 4.03. The van der Waals surface area contributed by atoms with Gasteiger partial charge in [-0.15, -0.1) is 0 Å². The average molecular weight is 225 g/mol. The molecule has 0 bridgehead atoms. The largest absolute Gasteiger partial charge is 0.383 e. The molecule has 1 aromatic heterocycles. The molecule has 4 nitrogen and oxygen atoms in total. The molecule has 2 heterocycles. The van der Waals surface area contributed by atoms with E-state index in [9.17, 15) is 4.79 Å². The predicted molar refractivity (Wildman–Crippen MR) is 66.4 cm³/mol. The number of pyridine rings is 1. The molecule has 0 spiro atoms. The standard InChI is InChI=1S/C13H11N3O/c14-13-10(2-1-5-15-13)8-3-4-11-9(6-8)7-12(17)16-11/h1-6H,7H2,(H2,14,15)(H,16,17). The smallest absolute Gasteiger partial charge is 0.228 e. The Morgan fingerprint density at radius 3 is 3.00 bits per heavy atom. The summed E-state index contributed by atoms with van der Waals surface area (Å²) in [6.07, 6.45) is 2.10. The van der Waals surface area contributed by atoms with Crippen LogP contribution in [0.25, 0.3) is 11.1 Å². The fraction of sp³-hybridized carbons (Fsp3) is 0.0769. The van der Waals surface area contributed by atoms with E-state index in [2.05, 4.69) is 10.3 Å². The van der Waals surface area contributed by atoms with Gasteiger partial charge < -0.3 is 11.1 Å². The third kappa shape index (κ3) is 1.63. The van der Waals surface area contributed by atoms with Gasteiger partial charge >= 0.3 is 0 Å². The summed E-state index contributed by atoms with van der Waals surface area (Å²) in [4.78, 5) is 15.3. The van der Waals surface area contributed by atoms with Gasteiger partial charge in [-0.2, -0.15) is 0 Å². The summed E-state index contributed by atoms with van der Waals surface area (Å²) in [6, 6.07) is 9.61. The van der Waals surface area contributed by atoms with Gasteiger partial charge in [-0.3, -0.25) is 4.79 Å². The van der Waals surface area contributed by atoms with Crippen LogP contribution in [0.3, 0.4) is 0 Å². The Bertz CT molecular complexity index is 607. The minimum atomic E-state index is 0.0382. The Hall–Kier alpha value is -2.36. The third-order valence-corrected chi connectivity index (χ3v) is 2.88. The number of anilines is 2. The van der Waals surface area contributed by atoms with Crippen molar-refractivity contribution >= 4 is 17.4 Å². The summed E-state index contributed by atoms with van der Waals surface area (Å²) in [7, 11) is 0. The van der Waals surface area contributed by atoms with Crippen LogP contribution in [0.1, 0.15) is 5.56 Å². The Kier molecular flexibility index (Phi) is 2.08. The van der Waals surface area contributed by atoms with E-state index in [1.165, 1.54) is 0 Å². The zero-order valence-corrected chi connectivity index (χ0v) is 9.10. The van der Waals surface area contributed by atoms with Crippen LogP contribution in [0.2, 0.25) is 0 Å². The van der Waals surface area contributed by atoms with Crippen molar-refractivity contribution in [3.05, 3.63) is 42.1 Å². The first kappa shape index (κ1) is 9.84. The van der Waals surface area contributed by atoms with E-state index >= 15 is 0 Å². The first-order valence-electron chi connectivity index (χ1n) is 5.38. The normalized spacial score (nSPS) is 13.3. The van der Waals surface area contributed by atoms with Gasteiger partial charge in [-0.05, 0) is 35.4 Å². The van der Waals surface area contributed by atoms with Crippen molar-refractivity contribution in [3.63, 3.8) is 0 Å². The highest BCUT2D eigenvalue weighted by Gasteiger charge is 2.18. The Labute approximate surface area is 98.5 Å². The van der Waals surface area contributed by atoms with Crippen molar-refractivity contribution < 1.29 is 4.79 Å². The highest BCUT2D eigenvalue weighted by molar-refractivity contribution is 5.99. The van der Waals surface area contributed by atoms with Gasteiger partial charge in [-0.1, -0.05) is 6.07 Å². The van der Waals surface area contributed by atoms with Gasteiger partial charge in [-0.25, -0.2) is 4.98 Å². The number of carbonyl (C=O) groups excluding carboxylic acids is 1. The molecular weight excluding hydrogens is 214 g/mol. The number of nitrogens with zero attached hydrogens (tertiary/aromatic N) is 1. The van der Waals surface area contributed by atoms with Crippen LogP contribution >= 0.6 is 0 Å². The third-order valence-electron chi connectivity index (χ3n) is 2.88. The molecular formula is C13H11N3O. The lowest BCUT2D eigenvalue weighted by Gasteiger charge is -2.06. The molecule has 0 saturated heterocycles. The van der Waals surface area contributed by atoms with Crippen molar-refractivity contribution in [3.8, 4) is 11.1 Å². The SMILES string of the molecule is Nc1ncccc1-c1ccc2c(c1)CC(=O)N2. The van der Waals surface area contributed by atoms with E-state index < -0.39 is 0 Å². The van der Waals surface area contributed by atoms with E-state index in [1.807, 2.05) is 30.3 Å². The minimum Gasteiger partial charge on any atom is -0.383 e. The lowest BCUT2D eigenvalue weighted by Crippen LogP contribution is -2.03. The van der Waals surface area contributed by atoms with Gasteiger partial charge in [0.25, 0.3) is 0 Å². The Morgan fingerprint density at radius 2 is 2.18 bits per heavy atom. The lowest BCUT2D eigenvalue weighted by molar-refractivity contribution is -0.115. The van der Waals surface area contributed by atoms with Gasteiger partial charge in [0.15, 0.2) is 0 Å². The number of fused-ring (bicyclic) bond motifs is 1. The van der Waals surface area contributed by atoms with E-state index in [0.29, 0.717) is 12.2 Å². The van der Waals surface area contributed by atoms with Crippen LogP contribution in [0.4, 0.5) is 11.5 Å². The monoisotopic (exact) mass is 225 g/mol. The quantitative estimate of drug-likeness (QED) is 0.777. The number of hydrogen-bond acceptors (Lipinski definition) is 3. The highest BCUT2D eigenvalue weighted by Crippen LogP contribution is 2.30. The van der Waals surface area contributed by atoms with E-state index in [4.69, 9.17) is 5.73 Å². The molecule has 0 saturated carbocycles. The summed E-state index contributed by atoms with van der Waals surface area (Å²) < 4.78 is 0. The Balaban J connectivity index is 2.09. The first-order valence-corrected chi connectivity index (χ1v) is 5.38. The summed E-state index contributed by atoms with van der Waals surface area (Å²) in [6.45, 7) is 0. The van der Waals surface area contributed by atoms with Crippen LogP contribution in [0.5, 0.6) is 0 Å². The van der Waals surface area contributed by atoms with E-state index in [0.717, 1.165) is 22.4 Å². The van der Waals surface area contributed by atoms with E-state index in [-0.39, 0.29) is 5.91 Å². The van der Waals surface area contributed by atoms with Crippen LogP contribution in [0, 0.1) is 0 Å². The second-order valence-electron chi connectivity index (χ2n) is 4.03. The maximum atomic E-state index is 11.3. The molecule has 1 aromatic carbocycles. The number of nitrogen functional groups attached to an aromatic ring is 1. The molecule has 0 unspecified atom stereocenters. The van der Waals surface area contributed by atoms with Gasteiger partial charge in [0.2, 0.25) is 5.91 Å². The van der Waals surface area contributed by atoms with Crippen molar-refractivity contribution in [2.75, 3.05) is 11.1 Å². The molecule has 0 aliphatic carbocycles. The molecule has 1 amide bonds. The number of nitrogens with one attached hydrogen (secondary N) is 1. The molecule has 17 heavy (non-hydrogen) atoms. The molecule has 1 aliphatic heterocycles. The molecule has 1 aliphatic rings. The number of aromatic nitrogens is 1. The maximum absolute atomic E-state index is 11.3. The predicted octanol–water partition coefficient (Wildman–Crippen LogP) is 1.83. The lowest BCUT2D eigenvalue weighted by atomic mass is 10.0. The molecule has 3 N–H and O–H groups in total. The second kappa shape index (κ2) is 3.59. The van der Waals surface area contributed by atoms with Gasteiger partial charge in [0.05, 0.1) is 6.42 Å². The molecule has 0 atom stereocenters. The average Bonchev–Trinajstić information content (AvgIpc) is 2.68. The number of nitrogens with two attached hydrogens (primary N) is 1. The number of benzene rings is 1. The highest BCUT2D eigenvalue weighted by atomic mass is 16.1. The van der Waals surface area contributed by atoms with Crippen LogP contribution < -0.4 is 11.1 Å².